The topological polar surface area (TPSA) is 46.3 Å². The first-order chi connectivity index (χ1) is 8.43. The smallest absolute Gasteiger partial charge is 0.253 e. The van der Waals surface area contributed by atoms with Gasteiger partial charge in [-0.15, -0.1) is 12.4 Å². The Labute approximate surface area is 129 Å². The van der Waals surface area contributed by atoms with Crippen LogP contribution in [0.2, 0.25) is 10.0 Å². The van der Waals surface area contributed by atoms with E-state index in [1.165, 1.54) is 0 Å². The molecule has 1 amide bonds. The maximum Gasteiger partial charge on any atom is 0.253 e. The molecule has 0 bridgehead atoms. The molecule has 0 spiro atoms. The van der Waals surface area contributed by atoms with Gasteiger partial charge in [0.05, 0.1) is 0 Å². The van der Waals surface area contributed by atoms with Crippen LogP contribution in [-0.4, -0.2) is 30.4 Å². The fraction of sp³-hybridized carbons (Fsp3) is 0.462. The van der Waals surface area contributed by atoms with Gasteiger partial charge in [-0.25, -0.2) is 0 Å². The highest BCUT2D eigenvalue weighted by Crippen LogP contribution is 2.30. The van der Waals surface area contributed by atoms with Crippen LogP contribution in [0.1, 0.15) is 23.7 Å². The van der Waals surface area contributed by atoms with Gasteiger partial charge in [0.15, 0.2) is 0 Å². The molecule has 2 N–H and O–H groups in total. The lowest BCUT2D eigenvalue weighted by Crippen LogP contribution is -2.34. The van der Waals surface area contributed by atoms with Crippen LogP contribution in [0.3, 0.4) is 0 Å². The summed E-state index contributed by atoms with van der Waals surface area (Å²) in [5.74, 6) is -0.0309. The van der Waals surface area contributed by atoms with Crippen LogP contribution in [0, 0.1) is 5.41 Å². The van der Waals surface area contributed by atoms with Crippen LogP contribution in [0.4, 0.5) is 0 Å². The lowest BCUT2D eigenvalue weighted by atomic mass is 9.90. The molecule has 1 aliphatic rings. The van der Waals surface area contributed by atoms with Crippen molar-refractivity contribution in [3.05, 3.63) is 33.8 Å². The first kappa shape index (κ1) is 16.6. The van der Waals surface area contributed by atoms with E-state index in [-0.39, 0.29) is 23.7 Å². The Hall–Kier alpha value is -0.480. The third-order valence-electron chi connectivity index (χ3n) is 3.45. The summed E-state index contributed by atoms with van der Waals surface area (Å²) in [4.78, 5) is 14.1. The van der Waals surface area contributed by atoms with E-state index in [1.807, 2.05) is 4.90 Å². The molecule has 19 heavy (non-hydrogen) atoms. The van der Waals surface area contributed by atoms with Crippen molar-refractivity contribution in [3.63, 3.8) is 0 Å². The van der Waals surface area contributed by atoms with Crippen LogP contribution in [-0.2, 0) is 0 Å². The molecule has 0 radical (unpaired) electrons. The minimum absolute atomic E-state index is 0. The molecule has 0 saturated carbocycles. The van der Waals surface area contributed by atoms with Crippen LogP contribution >= 0.6 is 35.6 Å². The fourth-order valence-electron chi connectivity index (χ4n) is 2.22. The summed E-state index contributed by atoms with van der Waals surface area (Å²) in [6.45, 7) is 4.11. The van der Waals surface area contributed by atoms with Gasteiger partial charge in [-0.2, -0.15) is 0 Å². The van der Waals surface area contributed by atoms with Crippen LogP contribution in [0.5, 0.6) is 0 Å². The number of amides is 1. The molecule has 0 aliphatic carbocycles. The highest BCUT2D eigenvalue weighted by atomic mass is 35.5. The van der Waals surface area contributed by atoms with E-state index in [0.29, 0.717) is 28.7 Å². The first-order valence-electron chi connectivity index (χ1n) is 5.89. The van der Waals surface area contributed by atoms with E-state index in [9.17, 15) is 4.79 Å². The monoisotopic (exact) mass is 322 g/mol. The third kappa shape index (κ3) is 3.76. The van der Waals surface area contributed by atoms with Gasteiger partial charge in [-0.1, -0.05) is 30.1 Å². The molecule has 6 heteroatoms. The van der Waals surface area contributed by atoms with Crippen molar-refractivity contribution in [3.8, 4) is 0 Å². The summed E-state index contributed by atoms with van der Waals surface area (Å²) in [5, 5.41) is 0.957. The number of likely N-dealkylation sites (tertiary alicyclic amines) is 1. The Bertz CT molecular complexity index is 461. The molecule has 3 nitrogen and oxygen atoms in total. The van der Waals surface area contributed by atoms with Gasteiger partial charge in [0.2, 0.25) is 0 Å². The number of nitrogens with two attached hydrogens (primary N) is 1. The second kappa shape index (κ2) is 6.31. The van der Waals surface area contributed by atoms with Crippen molar-refractivity contribution >= 4 is 41.5 Å². The van der Waals surface area contributed by atoms with Crippen molar-refractivity contribution in [1.29, 1.82) is 0 Å². The Morgan fingerprint density at radius 3 is 2.42 bits per heavy atom. The van der Waals surface area contributed by atoms with Crippen molar-refractivity contribution < 1.29 is 4.79 Å². The van der Waals surface area contributed by atoms with Gasteiger partial charge in [0, 0.05) is 28.7 Å². The number of rotatable bonds is 2. The maximum absolute atomic E-state index is 12.3. The molecule has 1 aliphatic heterocycles. The largest absolute Gasteiger partial charge is 0.338 e. The number of carbonyl (C=O) groups is 1. The Morgan fingerprint density at radius 2 is 1.95 bits per heavy atom. The van der Waals surface area contributed by atoms with Crippen LogP contribution < -0.4 is 5.73 Å². The molecular formula is C13H17Cl3N2O. The third-order valence-corrected chi connectivity index (χ3v) is 3.88. The number of hydrogen-bond acceptors (Lipinski definition) is 2. The molecule has 1 aromatic carbocycles. The van der Waals surface area contributed by atoms with Crippen LogP contribution in [0.15, 0.2) is 18.2 Å². The number of halogens is 3. The molecule has 2 rings (SSSR count). The molecule has 106 valence electrons. The molecule has 0 aromatic heterocycles. The lowest BCUT2D eigenvalue weighted by molar-refractivity contribution is 0.0777. The molecule has 1 saturated heterocycles. The number of hydrogen-bond donors (Lipinski definition) is 1. The summed E-state index contributed by atoms with van der Waals surface area (Å²) in [6.07, 6.45) is 0.934. The van der Waals surface area contributed by atoms with E-state index in [4.69, 9.17) is 28.9 Å². The first-order valence-corrected chi connectivity index (χ1v) is 6.65. The Morgan fingerprint density at radius 1 is 1.37 bits per heavy atom. The van der Waals surface area contributed by atoms with Gasteiger partial charge < -0.3 is 10.6 Å². The molecule has 1 aromatic rings. The zero-order chi connectivity index (χ0) is 13.3. The van der Waals surface area contributed by atoms with Gasteiger partial charge >= 0.3 is 0 Å². The average Bonchev–Trinajstić information content (AvgIpc) is 2.70. The summed E-state index contributed by atoms with van der Waals surface area (Å²) in [5.41, 5.74) is 6.30. The van der Waals surface area contributed by atoms with E-state index < -0.39 is 0 Å². The minimum Gasteiger partial charge on any atom is -0.338 e. The predicted octanol–water partition coefficient (Wildman–Crippen LogP) is 3.23. The van der Waals surface area contributed by atoms with E-state index in [1.54, 1.807) is 18.2 Å². The van der Waals surface area contributed by atoms with E-state index in [0.717, 1.165) is 13.0 Å². The maximum atomic E-state index is 12.3. The normalized spacial score (nSPS) is 22.2. The summed E-state index contributed by atoms with van der Waals surface area (Å²) in [7, 11) is 0. The van der Waals surface area contributed by atoms with Crippen molar-refractivity contribution in [2.24, 2.45) is 11.1 Å². The highest BCUT2D eigenvalue weighted by Gasteiger charge is 2.35. The van der Waals surface area contributed by atoms with Gasteiger partial charge in [0.25, 0.3) is 5.91 Å². The molecule has 1 atom stereocenters. The number of nitrogens with zero attached hydrogens (tertiary/aromatic N) is 1. The Balaban J connectivity index is 0.00000180. The highest BCUT2D eigenvalue weighted by molar-refractivity contribution is 6.35. The zero-order valence-corrected chi connectivity index (χ0v) is 13.0. The molecule has 1 heterocycles. The second-order valence-corrected chi connectivity index (χ2v) is 6.02. The standard InChI is InChI=1S/C13H16Cl2N2O.ClH/c1-13(7-16)2-3-17(8-13)12(18)9-4-10(14)6-11(15)5-9;/h4-6H,2-3,7-8,16H2,1H3;1H. The zero-order valence-electron chi connectivity index (χ0n) is 10.7. The summed E-state index contributed by atoms with van der Waals surface area (Å²) < 4.78 is 0. The van der Waals surface area contributed by atoms with Crippen molar-refractivity contribution in [1.82, 2.24) is 4.90 Å². The lowest BCUT2D eigenvalue weighted by Gasteiger charge is -2.22. The van der Waals surface area contributed by atoms with E-state index in [2.05, 4.69) is 6.92 Å². The quantitative estimate of drug-likeness (QED) is 0.908. The van der Waals surface area contributed by atoms with Crippen molar-refractivity contribution in [2.45, 2.75) is 13.3 Å². The SMILES string of the molecule is CC1(CN)CCN(C(=O)c2cc(Cl)cc(Cl)c2)C1.Cl. The van der Waals surface area contributed by atoms with Gasteiger partial charge in [-0.05, 0) is 36.6 Å². The Kier molecular flexibility index (Phi) is 5.51. The molecular weight excluding hydrogens is 307 g/mol. The predicted molar refractivity (Wildman–Crippen MR) is 81.4 cm³/mol. The second-order valence-electron chi connectivity index (χ2n) is 5.15. The van der Waals surface area contributed by atoms with Gasteiger partial charge in [0.1, 0.15) is 0 Å². The number of benzene rings is 1. The molecule has 1 fully saturated rings. The summed E-state index contributed by atoms with van der Waals surface area (Å²) >= 11 is 11.8. The fourth-order valence-corrected chi connectivity index (χ4v) is 2.75. The summed E-state index contributed by atoms with van der Waals surface area (Å²) in [6, 6.07) is 4.91. The van der Waals surface area contributed by atoms with Crippen LogP contribution in [0.25, 0.3) is 0 Å². The number of carbonyl (C=O) groups excluding carboxylic acids is 1. The van der Waals surface area contributed by atoms with E-state index >= 15 is 0 Å². The molecule has 1 unspecified atom stereocenters. The van der Waals surface area contributed by atoms with Gasteiger partial charge in [-0.3, -0.25) is 4.79 Å². The van der Waals surface area contributed by atoms with Crippen molar-refractivity contribution in [2.75, 3.05) is 19.6 Å². The average molecular weight is 324 g/mol. The minimum atomic E-state index is -0.0309.